The van der Waals surface area contributed by atoms with E-state index in [2.05, 4.69) is 28.7 Å². The average molecular weight is 320 g/mol. The van der Waals surface area contributed by atoms with Crippen LogP contribution in [0.5, 0.6) is 0 Å². The van der Waals surface area contributed by atoms with Gasteiger partial charge in [-0.25, -0.2) is 9.98 Å². The van der Waals surface area contributed by atoms with Gasteiger partial charge in [0, 0.05) is 12.4 Å². The van der Waals surface area contributed by atoms with E-state index in [1.807, 2.05) is 0 Å². The molecule has 1 saturated carbocycles. The molecule has 116 valence electrons. The van der Waals surface area contributed by atoms with Crippen LogP contribution in [-0.2, 0) is 0 Å². The summed E-state index contributed by atoms with van der Waals surface area (Å²) < 4.78 is 59.2. The van der Waals surface area contributed by atoms with Crippen molar-refractivity contribution in [1.82, 2.24) is 0 Å². The third-order valence-electron chi connectivity index (χ3n) is 2.68. The summed E-state index contributed by atoms with van der Waals surface area (Å²) in [7, 11) is -10.7. The minimum absolute atomic E-state index is 0. The molecular formula is C11H15F6N2P. The minimum atomic E-state index is -10.7. The molecule has 0 N–H and O–H groups in total. The van der Waals surface area contributed by atoms with Crippen molar-refractivity contribution in [2.75, 3.05) is 0 Å². The van der Waals surface area contributed by atoms with E-state index in [-0.39, 0.29) is 1.43 Å². The fourth-order valence-corrected chi connectivity index (χ4v) is 1.99. The topological polar surface area (TPSA) is 24.7 Å². The van der Waals surface area contributed by atoms with Gasteiger partial charge in [0.1, 0.15) is 5.82 Å². The summed E-state index contributed by atoms with van der Waals surface area (Å²) in [6.45, 7) is 3.46. The Kier molecular flexibility index (Phi) is 4.21. The van der Waals surface area contributed by atoms with E-state index in [9.17, 15) is 25.2 Å². The third-order valence-corrected chi connectivity index (χ3v) is 2.68. The molecule has 0 spiro atoms. The molecule has 2 atom stereocenters. The first-order valence-electron chi connectivity index (χ1n) is 5.80. The maximum absolute atomic E-state index is 10.7. The van der Waals surface area contributed by atoms with Gasteiger partial charge in [-0.2, -0.15) is 0 Å². The largest absolute Gasteiger partial charge is 1.00 e. The number of hydrogen-bond donors (Lipinski definition) is 0. The summed E-state index contributed by atoms with van der Waals surface area (Å²) in [6, 6.07) is 0. The summed E-state index contributed by atoms with van der Waals surface area (Å²) in [4.78, 5) is 7.39. The Morgan fingerprint density at radius 1 is 0.950 bits per heavy atom. The van der Waals surface area contributed by atoms with Crippen molar-refractivity contribution in [3.8, 4) is 0 Å². The SMILES string of the molecule is C1=CC2CCC1C2.C=C1N=CC=N1.F[P-](F)(F)(F)(F)F.[H+]. The van der Waals surface area contributed by atoms with Crippen LogP contribution < -0.4 is 0 Å². The van der Waals surface area contributed by atoms with Gasteiger partial charge in [-0.3, -0.25) is 0 Å². The van der Waals surface area contributed by atoms with Crippen LogP contribution in [0.15, 0.2) is 34.5 Å². The molecule has 20 heavy (non-hydrogen) atoms. The van der Waals surface area contributed by atoms with Crippen LogP contribution in [0.1, 0.15) is 20.7 Å². The summed E-state index contributed by atoms with van der Waals surface area (Å²) in [5, 5.41) is 0. The van der Waals surface area contributed by atoms with Crippen LogP contribution in [0.25, 0.3) is 0 Å². The summed E-state index contributed by atoms with van der Waals surface area (Å²) in [5.41, 5.74) is 0. The zero-order valence-electron chi connectivity index (χ0n) is 11.4. The Morgan fingerprint density at radius 2 is 1.30 bits per heavy atom. The second-order valence-corrected chi connectivity index (χ2v) is 6.57. The number of nitrogens with zero attached hydrogens (tertiary/aromatic N) is 2. The van der Waals surface area contributed by atoms with E-state index in [1.54, 1.807) is 12.4 Å². The Hall–Kier alpha value is -1.17. The molecule has 2 nitrogen and oxygen atoms in total. The first-order chi connectivity index (χ1) is 8.79. The molecule has 1 fully saturated rings. The Labute approximate surface area is 113 Å². The van der Waals surface area contributed by atoms with E-state index >= 15 is 0 Å². The fraction of sp³-hybridized carbons (Fsp3) is 0.455. The van der Waals surface area contributed by atoms with E-state index < -0.39 is 7.81 Å². The van der Waals surface area contributed by atoms with Crippen LogP contribution in [0.4, 0.5) is 25.2 Å². The third kappa shape index (κ3) is 10.7. The zero-order chi connectivity index (χ0) is 15.5. The van der Waals surface area contributed by atoms with E-state index in [0.717, 1.165) is 11.8 Å². The van der Waals surface area contributed by atoms with Gasteiger partial charge in [-0.15, -0.1) is 0 Å². The molecular weight excluding hydrogens is 305 g/mol. The number of rotatable bonds is 0. The maximum Gasteiger partial charge on any atom is 1.00 e. The second kappa shape index (κ2) is 4.98. The first kappa shape index (κ1) is 16.9. The van der Waals surface area contributed by atoms with Crippen LogP contribution in [-0.4, -0.2) is 12.4 Å². The van der Waals surface area contributed by atoms with Crippen LogP contribution >= 0.6 is 7.81 Å². The Bertz CT molecular complexity index is 430. The standard InChI is InChI=1S/C7H10.C4H4N2.F6P/c1-2-7-4-3-6(1)5-7;1-4-5-2-3-6-4;1-7(2,3,4,5)6/h1-2,6-7H,3-5H2;2-3H,1H2;/q;;-1/p+1. The number of aliphatic imine (C=N–C) groups is 2. The molecule has 2 aliphatic carbocycles. The number of allylic oxidation sites excluding steroid dienone is 2. The predicted octanol–water partition coefficient (Wildman–Crippen LogP) is 6.08. The van der Waals surface area contributed by atoms with Gasteiger partial charge in [-0.05, 0) is 31.1 Å². The average Bonchev–Trinajstić information content (AvgIpc) is 2.89. The van der Waals surface area contributed by atoms with E-state index in [4.69, 9.17) is 0 Å². The molecule has 0 amide bonds. The first-order valence-corrected chi connectivity index (χ1v) is 7.83. The smallest absolute Gasteiger partial charge is 1.00 e. The van der Waals surface area contributed by atoms with E-state index in [0.29, 0.717) is 5.82 Å². The van der Waals surface area contributed by atoms with Crippen LogP contribution in [0, 0.1) is 11.8 Å². The van der Waals surface area contributed by atoms with Crippen molar-refractivity contribution < 1.29 is 26.6 Å². The van der Waals surface area contributed by atoms with Crippen molar-refractivity contribution in [2.45, 2.75) is 19.3 Å². The molecule has 1 heterocycles. The van der Waals surface area contributed by atoms with Crippen molar-refractivity contribution in [1.29, 1.82) is 0 Å². The van der Waals surface area contributed by atoms with Crippen molar-refractivity contribution in [2.24, 2.45) is 21.8 Å². The summed E-state index contributed by atoms with van der Waals surface area (Å²) in [5.74, 6) is 2.57. The van der Waals surface area contributed by atoms with Gasteiger partial charge in [0.15, 0.2) is 0 Å². The molecule has 9 heteroatoms. The molecule has 3 rings (SSSR count). The van der Waals surface area contributed by atoms with Crippen LogP contribution in [0.2, 0.25) is 0 Å². The van der Waals surface area contributed by atoms with Crippen molar-refractivity contribution in [3.05, 3.63) is 24.6 Å². The van der Waals surface area contributed by atoms with Crippen LogP contribution in [0.3, 0.4) is 0 Å². The summed E-state index contributed by atoms with van der Waals surface area (Å²) in [6.07, 6.45) is 12.4. The number of hydrogen-bond acceptors (Lipinski definition) is 2. The van der Waals surface area contributed by atoms with Gasteiger partial charge in [0.05, 0.1) is 0 Å². The molecule has 2 bridgehead atoms. The molecule has 0 aromatic heterocycles. The van der Waals surface area contributed by atoms with Gasteiger partial charge < -0.3 is 0 Å². The molecule has 0 aromatic rings. The normalized spacial score (nSPS) is 29.2. The molecule has 3 aliphatic rings. The van der Waals surface area contributed by atoms with Gasteiger partial charge >= 0.3 is 34.4 Å². The minimum Gasteiger partial charge on any atom is 1.00 e. The monoisotopic (exact) mass is 320 g/mol. The van der Waals surface area contributed by atoms with E-state index in [1.165, 1.54) is 19.3 Å². The Balaban J connectivity index is 0.000000280. The number of halogens is 6. The van der Waals surface area contributed by atoms with Gasteiger partial charge in [0.25, 0.3) is 0 Å². The van der Waals surface area contributed by atoms with Crippen molar-refractivity contribution in [3.63, 3.8) is 0 Å². The zero-order valence-corrected chi connectivity index (χ0v) is 11.3. The fourth-order valence-electron chi connectivity index (χ4n) is 1.99. The molecule has 0 radical (unpaired) electrons. The summed E-state index contributed by atoms with van der Waals surface area (Å²) >= 11 is 0. The predicted molar refractivity (Wildman–Crippen MR) is 70.8 cm³/mol. The molecule has 2 unspecified atom stereocenters. The Morgan fingerprint density at radius 3 is 1.40 bits per heavy atom. The molecule has 0 aromatic carbocycles. The molecule has 0 saturated heterocycles. The second-order valence-electron chi connectivity index (χ2n) is 4.65. The quantitative estimate of drug-likeness (QED) is 0.293. The van der Waals surface area contributed by atoms with Gasteiger partial charge in [-0.1, -0.05) is 18.7 Å². The molecule has 1 aliphatic heterocycles. The van der Waals surface area contributed by atoms with Gasteiger partial charge in [0.2, 0.25) is 0 Å². The van der Waals surface area contributed by atoms with Crippen molar-refractivity contribution >= 4 is 20.2 Å². The maximum atomic E-state index is 9.87. The number of fused-ring (bicyclic) bond motifs is 2.